The third-order valence-corrected chi connectivity index (χ3v) is 10.5. The van der Waals surface area contributed by atoms with E-state index in [1.54, 1.807) is 38.1 Å². The van der Waals surface area contributed by atoms with E-state index in [1.807, 2.05) is 12.3 Å². The number of ether oxygens (including phenoxy) is 3. The molecule has 44 heavy (non-hydrogen) atoms. The maximum atomic E-state index is 13.7. The second-order valence-electron chi connectivity index (χ2n) is 11.1. The molecule has 0 bridgehead atoms. The first-order valence-corrected chi connectivity index (χ1v) is 17.7. The van der Waals surface area contributed by atoms with Crippen LogP contribution in [0.5, 0.6) is 17.2 Å². The first-order valence-electron chi connectivity index (χ1n) is 14.5. The summed E-state index contributed by atoms with van der Waals surface area (Å²) in [6.45, 7) is 1.70. The highest BCUT2D eigenvalue weighted by Crippen LogP contribution is 2.50. The van der Waals surface area contributed by atoms with Crippen LogP contribution in [0, 0.1) is 5.92 Å². The molecule has 240 valence electrons. The molecule has 3 N–H and O–H groups in total. The third kappa shape index (κ3) is 7.60. The van der Waals surface area contributed by atoms with Crippen LogP contribution < -0.4 is 35.6 Å². The summed E-state index contributed by atoms with van der Waals surface area (Å²) in [6.07, 6.45) is 4.02. The fourth-order valence-corrected chi connectivity index (χ4v) is 8.25. The molecule has 0 saturated carbocycles. The number of fused-ring (bicyclic) bond motifs is 3. The van der Waals surface area contributed by atoms with Crippen LogP contribution in [0.15, 0.2) is 29.1 Å². The number of aryl methyl sites for hydroxylation is 1. The zero-order valence-electron chi connectivity index (χ0n) is 25.8. The Hall–Kier alpha value is -3.45. The molecule has 4 rings (SSSR count). The van der Waals surface area contributed by atoms with Crippen molar-refractivity contribution < 1.29 is 32.2 Å². The predicted molar refractivity (Wildman–Crippen MR) is 173 cm³/mol. The van der Waals surface area contributed by atoms with E-state index in [0.29, 0.717) is 59.8 Å². The zero-order chi connectivity index (χ0) is 32.0. The number of hydrogen-bond acceptors (Lipinski definition) is 10. The number of amides is 2. The number of carbonyl (C=O) groups excluding carboxylic acids is 2. The maximum Gasteiger partial charge on any atom is 0.242 e. The largest absolute Gasteiger partial charge is 0.493 e. The molecule has 1 heterocycles. The number of anilines is 1. The van der Waals surface area contributed by atoms with Crippen molar-refractivity contribution in [3.63, 3.8) is 0 Å². The van der Waals surface area contributed by atoms with E-state index in [0.717, 1.165) is 11.1 Å². The van der Waals surface area contributed by atoms with E-state index >= 15 is 0 Å². The molecule has 13 heteroatoms. The number of nitrogens with one attached hydrogen (secondary N) is 3. The van der Waals surface area contributed by atoms with Gasteiger partial charge < -0.3 is 30.2 Å². The summed E-state index contributed by atoms with van der Waals surface area (Å²) in [6, 6.07) is 5.69. The van der Waals surface area contributed by atoms with Gasteiger partial charge in [-0.3, -0.25) is 14.4 Å². The second kappa shape index (κ2) is 14.6. The summed E-state index contributed by atoms with van der Waals surface area (Å²) in [5.74, 6) is 1.60. The van der Waals surface area contributed by atoms with E-state index in [4.69, 9.17) is 14.2 Å². The van der Waals surface area contributed by atoms with Crippen LogP contribution in [0.1, 0.15) is 43.4 Å². The average molecular weight is 648 g/mol. The Morgan fingerprint density at radius 1 is 1.07 bits per heavy atom. The zero-order valence-corrected chi connectivity index (χ0v) is 27.4. The molecule has 0 radical (unpaired) electrons. The molecular formula is C31H41N3O8S2. The molecule has 2 aromatic carbocycles. The molecule has 1 saturated heterocycles. The monoisotopic (exact) mass is 647 g/mol. The van der Waals surface area contributed by atoms with Gasteiger partial charge in [0, 0.05) is 19.0 Å². The number of methoxy groups -OCH3 is 3. The summed E-state index contributed by atoms with van der Waals surface area (Å²) in [5, 5.41) is 9.05. The van der Waals surface area contributed by atoms with Crippen LogP contribution >= 0.6 is 11.8 Å². The number of sulfone groups is 1. The summed E-state index contributed by atoms with van der Waals surface area (Å²) in [7, 11) is 1.56. The van der Waals surface area contributed by atoms with Gasteiger partial charge in [-0.15, -0.1) is 0 Å². The predicted octanol–water partition coefficient (Wildman–Crippen LogP) is 2.95. The fraction of sp³-hybridized carbons (Fsp3) is 0.516. The van der Waals surface area contributed by atoms with E-state index in [-0.39, 0.29) is 46.9 Å². The fourth-order valence-electron chi connectivity index (χ4n) is 5.92. The molecule has 1 unspecified atom stereocenters. The van der Waals surface area contributed by atoms with Gasteiger partial charge >= 0.3 is 0 Å². The normalized spacial score (nSPS) is 19.0. The SMILES string of the molecule is COc1cc2c(c(OC)c1OC)-c1ccc(N[C@@H](CCSC)C(=O)NCC3CCS(=O)(=O)C3)c(=O)cc1[C@@H](NC(C)=O)CC2. The highest BCUT2D eigenvalue weighted by atomic mass is 32.2. The van der Waals surface area contributed by atoms with Crippen LogP contribution in [0.4, 0.5) is 5.69 Å². The van der Waals surface area contributed by atoms with Crippen LogP contribution in [-0.4, -0.2) is 77.7 Å². The van der Waals surface area contributed by atoms with Crippen molar-refractivity contribution in [1.29, 1.82) is 0 Å². The minimum Gasteiger partial charge on any atom is -0.493 e. The van der Waals surface area contributed by atoms with Gasteiger partial charge in [-0.05, 0) is 78.5 Å². The Morgan fingerprint density at radius 2 is 1.82 bits per heavy atom. The molecule has 3 atom stereocenters. The minimum absolute atomic E-state index is 0.0675. The molecule has 0 aromatic heterocycles. The summed E-state index contributed by atoms with van der Waals surface area (Å²) in [4.78, 5) is 39.3. The lowest BCUT2D eigenvalue weighted by Crippen LogP contribution is -2.42. The van der Waals surface area contributed by atoms with Gasteiger partial charge in [0.15, 0.2) is 21.3 Å². The van der Waals surface area contributed by atoms with Gasteiger partial charge in [0.2, 0.25) is 23.0 Å². The maximum absolute atomic E-state index is 13.7. The van der Waals surface area contributed by atoms with E-state index in [9.17, 15) is 22.8 Å². The van der Waals surface area contributed by atoms with Crippen molar-refractivity contribution >= 4 is 39.1 Å². The number of benzene rings is 1. The topological polar surface area (TPSA) is 149 Å². The molecule has 1 aliphatic heterocycles. The molecular weight excluding hydrogens is 606 g/mol. The van der Waals surface area contributed by atoms with Gasteiger partial charge in [0.05, 0.1) is 44.6 Å². The lowest BCUT2D eigenvalue weighted by atomic mass is 9.95. The van der Waals surface area contributed by atoms with Crippen molar-refractivity contribution in [2.45, 2.75) is 44.7 Å². The number of rotatable bonds is 12. The number of thioether (sulfide) groups is 1. The van der Waals surface area contributed by atoms with Gasteiger partial charge in [-0.2, -0.15) is 11.8 Å². The molecule has 0 spiro atoms. The van der Waals surface area contributed by atoms with Crippen LogP contribution in [-0.2, 0) is 25.8 Å². The minimum atomic E-state index is -3.06. The van der Waals surface area contributed by atoms with Gasteiger partial charge in [-0.25, -0.2) is 8.42 Å². The standard InChI is InChI=1S/C31H41N3O8S2/c1-18(35)33-23-8-6-20-14-27(40-2)29(41-3)30(42-4)28(20)21-7-9-24(26(36)15-22(21)23)34-25(10-12-43-5)31(37)32-16-19-11-13-44(38,39)17-19/h7,9,14-15,19,23,25H,6,8,10-13,16-17H2,1-5H3,(H,32,37)(H,33,35)(H,34,36)/t19?,23-,25-/m0/s1. The Morgan fingerprint density at radius 3 is 2.43 bits per heavy atom. The molecule has 2 aromatic rings. The average Bonchev–Trinajstić information content (AvgIpc) is 3.18. The van der Waals surface area contributed by atoms with Crippen molar-refractivity contribution in [1.82, 2.24) is 10.6 Å². The lowest BCUT2D eigenvalue weighted by Gasteiger charge is -2.20. The highest BCUT2D eigenvalue weighted by Gasteiger charge is 2.31. The molecule has 1 fully saturated rings. The number of carbonyl (C=O) groups is 2. The lowest BCUT2D eigenvalue weighted by molar-refractivity contribution is -0.122. The van der Waals surface area contributed by atoms with Crippen LogP contribution in [0.2, 0.25) is 0 Å². The van der Waals surface area contributed by atoms with Crippen molar-refractivity contribution in [3.8, 4) is 28.4 Å². The van der Waals surface area contributed by atoms with Gasteiger partial charge in [0.25, 0.3) is 0 Å². The first-order chi connectivity index (χ1) is 21.0. The molecule has 11 nitrogen and oxygen atoms in total. The summed E-state index contributed by atoms with van der Waals surface area (Å²) >= 11 is 1.58. The summed E-state index contributed by atoms with van der Waals surface area (Å²) < 4.78 is 40.8. The van der Waals surface area contributed by atoms with E-state index in [1.165, 1.54) is 20.1 Å². The third-order valence-electron chi connectivity index (χ3n) is 8.06. The van der Waals surface area contributed by atoms with Crippen LogP contribution in [0.3, 0.4) is 0 Å². The molecule has 2 amide bonds. The second-order valence-corrected chi connectivity index (χ2v) is 14.3. The Labute approximate surface area is 262 Å². The van der Waals surface area contributed by atoms with Crippen LogP contribution in [0.25, 0.3) is 11.1 Å². The smallest absolute Gasteiger partial charge is 0.242 e. The highest BCUT2D eigenvalue weighted by molar-refractivity contribution is 7.98. The van der Waals surface area contributed by atoms with Crippen molar-refractivity contribution in [3.05, 3.63) is 45.6 Å². The Kier molecular flexibility index (Phi) is 11.1. The summed E-state index contributed by atoms with van der Waals surface area (Å²) in [5.41, 5.74) is 2.84. The quantitative estimate of drug-likeness (QED) is 0.314. The van der Waals surface area contributed by atoms with E-state index < -0.39 is 21.9 Å². The van der Waals surface area contributed by atoms with Crippen molar-refractivity contribution in [2.75, 3.05) is 56.7 Å². The Bertz CT molecular complexity index is 1560. The molecule has 1 aliphatic carbocycles. The van der Waals surface area contributed by atoms with E-state index in [2.05, 4.69) is 16.0 Å². The van der Waals surface area contributed by atoms with Gasteiger partial charge in [0.1, 0.15) is 6.04 Å². The Balaban J connectivity index is 1.76. The number of hydrogen-bond donors (Lipinski definition) is 3. The van der Waals surface area contributed by atoms with Gasteiger partial charge in [-0.1, -0.05) is 6.07 Å². The first kappa shape index (κ1) is 33.4. The molecule has 2 aliphatic rings. The van der Waals surface area contributed by atoms with Crippen molar-refractivity contribution in [2.24, 2.45) is 5.92 Å².